The first-order valence-corrected chi connectivity index (χ1v) is 13.4. The number of nitrogens with zero attached hydrogens (tertiary/aromatic N) is 1. The molecule has 0 saturated carbocycles. The first-order chi connectivity index (χ1) is 18.4. The van der Waals surface area contributed by atoms with Gasteiger partial charge in [-0.25, -0.2) is 0 Å². The van der Waals surface area contributed by atoms with Crippen molar-refractivity contribution in [1.29, 1.82) is 0 Å². The van der Waals surface area contributed by atoms with Gasteiger partial charge in [0.2, 0.25) is 0 Å². The number of amides is 2. The van der Waals surface area contributed by atoms with Crippen LogP contribution in [0.2, 0.25) is 0 Å². The molecule has 3 aromatic rings. The van der Waals surface area contributed by atoms with E-state index in [1.807, 2.05) is 69.3 Å². The number of ether oxygens (including phenoxy) is 3. The Bertz CT molecular complexity index is 1350. The summed E-state index contributed by atoms with van der Waals surface area (Å²) in [6.45, 7) is 6.57. The molecule has 0 atom stereocenters. The Morgan fingerprint density at radius 1 is 0.947 bits per heavy atom. The summed E-state index contributed by atoms with van der Waals surface area (Å²) >= 11 is 6.73. The third kappa shape index (κ3) is 6.73. The number of nitrogens with one attached hydrogen (secondary N) is 1. The summed E-state index contributed by atoms with van der Waals surface area (Å²) < 4.78 is 17.4. The van der Waals surface area contributed by atoms with E-state index in [9.17, 15) is 9.59 Å². The summed E-state index contributed by atoms with van der Waals surface area (Å²) in [6.07, 6.45) is 1.77. The van der Waals surface area contributed by atoms with Crippen LogP contribution in [0.25, 0.3) is 6.08 Å². The molecule has 0 aromatic heterocycles. The van der Waals surface area contributed by atoms with Crippen LogP contribution in [0.15, 0.2) is 71.6 Å². The van der Waals surface area contributed by atoms with E-state index in [1.54, 1.807) is 24.3 Å². The summed E-state index contributed by atoms with van der Waals surface area (Å²) in [5.41, 5.74) is 3.24. The lowest BCUT2D eigenvalue weighted by Gasteiger charge is -2.15. The topological polar surface area (TPSA) is 77.1 Å². The summed E-state index contributed by atoms with van der Waals surface area (Å²) in [5, 5.41) is 2.81. The highest BCUT2D eigenvalue weighted by Crippen LogP contribution is 2.37. The fourth-order valence-corrected chi connectivity index (χ4v) is 4.98. The Morgan fingerprint density at radius 2 is 1.66 bits per heavy atom. The number of rotatable bonds is 10. The van der Waals surface area contributed by atoms with Crippen molar-refractivity contribution in [2.24, 2.45) is 0 Å². The van der Waals surface area contributed by atoms with E-state index in [1.165, 1.54) is 16.7 Å². The van der Waals surface area contributed by atoms with Gasteiger partial charge in [0.1, 0.15) is 5.75 Å². The number of thioether (sulfide) groups is 1. The minimum absolute atomic E-state index is 0.173. The lowest BCUT2D eigenvalue weighted by molar-refractivity contribution is -0.118. The molecule has 1 heterocycles. The van der Waals surface area contributed by atoms with Gasteiger partial charge in [0.15, 0.2) is 22.4 Å². The Hall–Kier alpha value is -3.82. The van der Waals surface area contributed by atoms with E-state index in [2.05, 4.69) is 5.32 Å². The second-order valence-electron chi connectivity index (χ2n) is 8.29. The lowest BCUT2D eigenvalue weighted by Crippen LogP contribution is -2.27. The maximum Gasteiger partial charge on any atom is 0.270 e. The molecule has 1 saturated heterocycles. The summed E-state index contributed by atoms with van der Waals surface area (Å²) in [5.74, 6) is 1.17. The number of hydrogen-bond donors (Lipinski definition) is 1. The molecule has 0 radical (unpaired) electrons. The molecule has 4 rings (SSSR count). The van der Waals surface area contributed by atoms with Crippen LogP contribution in [0.5, 0.6) is 17.2 Å². The van der Waals surface area contributed by atoms with Crippen molar-refractivity contribution in [3.05, 3.63) is 82.8 Å². The molecular formula is C29H28N2O5S2. The Morgan fingerprint density at radius 3 is 2.34 bits per heavy atom. The molecule has 1 aliphatic heterocycles. The molecule has 0 aliphatic carbocycles. The summed E-state index contributed by atoms with van der Waals surface area (Å²) in [4.78, 5) is 27.5. The lowest BCUT2D eigenvalue weighted by atomic mass is 10.1. The predicted molar refractivity (Wildman–Crippen MR) is 156 cm³/mol. The minimum atomic E-state index is -0.279. The van der Waals surface area contributed by atoms with Crippen molar-refractivity contribution in [2.75, 3.05) is 30.0 Å². The normalized spacial score (nSPS) is 14.1. The molecule has 0 unspecified atom stereocenters. The van der Waals surface area contributed by atoms with Crippen molar-refractivity contribution >= 4 is 57.6 Å². The van der Waals surface area contributed by atoms with Crippen molar-refractivity contribution in [1.82, 2.24) is 0 Å². The average molecular weight is 549 g/mol. The number of carbonyl (C=O) groups is 2. The van der Waals surface area contributed by atoms with E-state index >= 15 is 0 Å². The Labute approximate surface area is 231 Å². The van der Waals surface area contributed by atoms with Crippen LogP contribution in [0.3, 0.4) is 0 Å². The quantitative estimate of drug-likeness (QED) is 0.238. The molecule has 1 aliphatic rings. The Balaban J connectivity index is 1.45. The first-order valence-electron chi connectivity index (χ1n) is 12.1. The maximum absolute atomic E-state index is 13.2. The predicted octanol–water partition coefficient (Wildman–Crippen LogP) is 6.22. The number of thiocarbonyl (C=S) groups is 1. The number of anilines is 2. The highest BCUT2D eigenvalue weighted by atomic mass is 32.2. The highest BCUT2D eigenvalue weighted by molar-refractivity contribution is 8.27. The molecule has 1 N–H and O–H groups in total. The molecule has 196 valence electrons. The standard InChI is InChI=1S/C29H28N2O5S2/c1-4-34-23-13-11-22(12-14-23)31-28(33)26(38-29(31)37)17-20-8-15-24(25(16-20)35-5-2)36-18-27(32)30-21-9-6-19(3)7-10-21/h6-17H,4-5,18H2,1-3H3,(H,30,32)/b26-17-. The maximum atomic E-state index is 13.2. The third-order valence-corrected chi connectivity index (χ3v) is 6.76. The minimum Gasteiger partial charge on any atom is -0.494 e. The smallest absolute Gasteiger partial charge is 0.270 e. The largest absolute Gasteiger partial charge is 0.494 e. The van der Waals surface area contributed by atoms with Crippen LogP contribution in [0.4, 0.5) is 11.4 Å². The van der Waals surface area contributed by atoms with Gasteiger partial charge in [-0.1, -0.05) is 47.7 Å². The second-order valence-corrected chi connectivity index (χ2v) is 9.96. The summed E-state index contributed by atoms with van der Waals surface area (Å²) in [7, 11) is 0. The molecule has 9 heteroatoms. The fourth-order valence-electron chi connectivity index (χ4n) is 3.68. The third-order valence-electron chi connectivity index (χ3n) is 5.46. The van der Waals surface area contributed by atoms with Crippen LogP contribution in [0, 0.1) is 6.92 Å². The molecule has 0 spiro atoms. The van der Waals surface area contributed by atoms with Gasteiger partial charge in [-0.05, 0) is 80.9 Å². The van der Waals surface area contributed by atoms with E-state index in [-0.39, 0.29) is 18.4 Å². The van der Waals surface area contributed by atoms with Gasteiger partial charge in [-0.2, -0.15) is 0 Å². The van der Waals surface area contributed by atoms with E-state index < -0.39 is 0 Å². The van der Waals surface area contributed by atoms with Gasteiger partial charge < -0.3 is 19.5 Å². The zero-order chi connectivity index (χ0) is 27.1. The first kappa shape index (κ1) is 27.2. The average Bonchev–Trinajstić information content (AvgIpc) is 3.18. The molecular weight excluding hydrogens is 520 g/mol. The number of hydrogen-bond acceptors (Lipinski definition) is 7. The molecule has 7 nitrogen and oxygen atoms in total. The molecule has 38 heavy (non-hydrogen) atoms. The van der Waals surface area contributed by atoms with Crippen LogP contribution < -0.4 is 24.4 Å². The zero-order valence-electron chi connectivity index (χ0n) is 21.4. The molecule has 0 bridgehead atoms. The van der Waals surface area contributed by atoms with Gasteiger partial charge in [0.25, 0.3) is 11.8 Å². The molecule has 1 fully saturated rings. The van der Waals surface area contributed by atoms with Crippen LogP contribution >= 0.6 is 24.0 Å². The van der Waals surface area contributed by atoms with Crippen molar-refractivity contribution in [3.63, 3.8) is 0 Å². The van der Waals surface area contributed by atoms with Gasteiger partial charge in [-0.15, -0.1) is 0 Å². The fraction of sp³-hybridized carbons (Fsp3) is 0.207. The van der Waals surface area contributed by atoms with Crippen molar-refractivity contribution < 1.29 is 23.8 Å². The highest BCUT2D eigenvalue weighted by Gasteiger charge is 2.33. The second kappa shape index (κ2) is 12.6. The van der Waals surface area contributed by atoms with Gasteiger partial charge in [0.05, 0.1) is 23.8 Å². The van der Waals surface area contributed by atoms with E-state index in [4.69, 9.17) is 26.4 Å². The van der Waals surface area contributed by atoms with Gasteiger partial charge in [-0.3, -0.25) is 14.5 Å². The van der Waals surface area contributed by atoms with E-state index in [0.717, 1.165) is 16.9 Å². The number of carbonyl (C=O) groups excluding carboxylic acids is 2. The molecule has 2 amide bonds. The Kier molecular flexibility index (Phi) is 9.04. The zero-order valence-corrected chi connectivity index (χ0v) is 23.0. The SMILES string of the molecule is CCOc1ccc(N2C(=O)/C(=C/c3ccc(OCC(=O)Nc4ccc(C)cc4)c(OCC)c3)SC2=S)cc1. The number of benzene rings is 3. The van der Waals surface area contributed by atoms with Crippen LogP contribution in [-0.4, -0.2) is 36.0 Å². The molecule has 3 aromatic carbocycles. The van der Waals surface area contributed by atoms with Crippen molar-refractivity contribution in [3.8, 4) is 17.2 Å². The van der Waals surface area contributed by atoms with E-state index in [0.29, 0.717) is 45.3 Å². The van der Waals surface area contributed by atoms with Gasteiger partial charge in [0, 0.05) is 5.69 Å². The van der Waals surface area contributed by atoms with Crippen molar-refractivity contribution in [2.45, 2.75) is 20.8 Å². The summed E-state index contributed by atoms with van der Waals surface area (Å²) in [6, 6.07) is 20.1. The van der Waals surface area contributed by atoms with Crippen LogP contribution in [0.1, 0.15) is 25.0 Å². The monoisotopic (exact) mass is 548 g/mol. The van der Waals surface area contributed by atoms with Gasteiger partial charge >= 0.3 is 0 Å². The number of aryl methyl sites for hydroxylation is 1. The van der Waals surface area contributed by atoms with Crippen LogP contribution in [-0.2, 0) is 9.59 Å².